The van der Waals surface area contributed by atoms with Crippen molar-refractivity contribution in [3.05, 3.63) is 46.3 Å². The quantitative estimate of drug-likeness (QED) is 0.527. The van der Waals surface area contributed by atoms with E-state index in [0.717, 1.165) is 0 Å². The van der Waals surface area contributed by atoms with Crippen LogP contribution in [0.25, 0.3) is 0 Å². The highest BCUT2D eigenvalue weighted by atomic mass is 32.2. The minimum absolute atomic E-state index is 0.529. The summed E-state index contributed by atoms with van der Waals surface area (Å²) in [6.45, 7) is 2.16. The molecule has 11 heavy (non-hydrogen) atoms. The van der Waals surface area contributed by atoms with Gasteiger partial charge in [-0.15, -0.1) is 0 Å². The standard InChI is InChI=1S/C10H10S/c1-8-6-9-4-2-3-5-10(7-9)11-8/h2-7,9H,1H3. The van der Waals surface area contributed by atoms with E-state index in [9.17, 15) is 0 Å². The van der Waals surface area contributed by atoms with Crippen LogP contribution in [-0.2, 0) is 0 Å². The summed E-state index contributed by atoms with van der Waals surface area (Å²) < 4.78 is 0. The van der Waals surface area contributed by atoms with Crippen LogP contribution in [0.2, 0.25) is 0 Å². The number of thioether (sulfide) groups is 1. The molecule has 1 heteroatoms. The first-order valence-electron chi connectivity index (χ1n) is 3.77. The van der Waals surface area contributed by atoms with E-state index in [0.29, 0.717) is 5.92 Å². The van der Waals surface area contributed by atoms with Gasteiger partial charge < -0.3 is 0 Å². The predicted molar refractivity (Wildman–Crippen MR) is 51.2 cm³/mol. The Balaban J connectivity index is 2.35. The van der Waals surface area contributed by atoms with E-state index in [4.69, 9.17) is 0 Å². The normalized spacial score (nSPS) is 27.5. The third kappa shape index (κ3) is 1.48. The van der Waals surface area contributed by atoms with Gasteiger partial charge in [-0.05, 0) is 17.9 Å². The Kier molecular flexibility index (Phi) is 1.74. The summed E-state index contributed by atoms with van der Waals surface area (Å²) in [6.07, 6.45) is 13.2. The van der Waals surface area contributed by atoms with Gasteiger partial charge in [0.05, 0.1) is 0 Å². The molecule has 0 saturated carbocycles. The van der Waals surface area contributed by atoms with Gasteiger partial charge in [-0.3, -0.25) is 0 Å². The van der Waals surface area contributed by atoms with E-state index < -0.39 is 0 Å². The number of rotatable bonds is 0. The Labute approximate surface area is 71.4 Å². The smallest absolute Gasteiger partial charge is 0.0155 e. The molecule has 1 heterocycles. The molecule has 1 aliphatic carbocycles. The van der Waals surface area contributed by atoms with Crippen molar-refractivity contribution in [1.82, 2.24) is 0 Å². The zero-order valence-electron chi connectivity index (χ0n) is 6.45. The van der Waals surface area contributed by atoms with Crippen LogP contribution in [0.1, 0.15) is 6.92 Å². The van der Waals surface area contributed by atoms with Crippen LogP contribution in [0.15, 0.2) is 46.3 Å². The minimum atomic E-state index is 0.529. The van der Waals surface area contributed by atoms with Gasteiger partial charge in [0.15, 0.2) is 0 Å². The Morgan fingerprint density at radius 1 is 1.27 bits per heavy atom. The summed E-state index contributed by atoms with van der Waals surface area (Å²) in [5, 5.41) is 0. The highest BCUT2D eigenvalue weighted by Crippen LogP contribution is 2.34. The van der Waals surface area contributed by atoms with Crippen molar-refractivity contribution >= 4 is 11.8 Å². The Morgan fingerprint density at radius 3 is 3.09 bits per heavy atom. The second-order valence-corrected chi connectivity index (χ2v) is 4.09. The lowest BCUT2D eigenvalue weighted by Crippen LogP contribution is -1.92. The van der Waals surface area contributed by atoms with Gasteiger partial charge >= 0.3 is 0 Å². The van der Waals surface area contributed by atoms with Gasteiger partial charge in [0.1, 0.15) is 0 Å². The van der Waals surface area contributed by atoms with Crippen molar-refractivity contribution in [2.24, 2.45) is 5.92 Å². The average Bonchev–Trinajstić information content (AvgIpc) is 2.11. The molecule has 0 amide bonds. The van der Waals surface area contributed by atoms with Crippen molar-refractivity contribution < 1.29 is 0 Å². The largest absolute Gasteiger partial charge is 0.0955 e. The van der Waals surface area contributed by atoms with Gasteiger partial charge in [-0.2, -0.15) is 0 Å². The van der Waals surface area contributed by atoms with E-state index in [1.54, 1.807) is 0 Å². The molecule has 1 aliphatic heterocycles. The van der Waals surface area contributed by atoms with Gasteiger partial charge in [0.25, 0.3) is 0 Å². The summed E-state index contributed by atoms with van der Waals surface area (Å²) in [7, 11) is 0. The number of allylic oxidation sites excluding steroid dienone is 7. The molecule has 0 aromatic rings. The van der Waals surface area contributed by atoms with Crippen molar-refractivity contribution in [3.63, 3.8) is 0 Å². The number of hydrogen-bond donors (Lipinski definition) is 0. The molecular formula is C10H10S. The first kappa shape index (κ1) is 6.99. The highest BCUT2D eigenvalue weighted by Gasteiger charge is 2.09. The Hall–Kier alpha value is -0.690. The van der Waals surface area contributed by atoms with Crippen LogP contribution in [-0.4, -0.2) is 0 Å². The van der Waals surface area contributed by atoms with Crippen LogP contribution in [0.3, 0.4) is 0 Å². The van der Waals surface area contributed by atoms with Gasteiger partial charge in [0.2, 0.25) is 0 Å². The maximum absolute atomic E-state index is 2.29. The van der Waals surface area contributed by atoms with Crippen LogP contribution in [0, 0.1) is 5.92 Å². The van der Waals surface area contributed by atoms with Crippen molar-refractivity contribution in [2.45, 2.75) is 6.92 Å². The van der Waals surface area contributed by atoms with E-state index in [-0.39, 0.29) is 0 Å². The van der Waals surface area contributed by atoms with Crippen LogP contribution in [0.5, 0.6) is 0 Å². The Bertz CT molecular complexity index is 279. The van der Waals surface area contributed by atoms with Gasteiger partial charge in [-0.1, -0.05) is 42.1 Å². The lowest BCUT2D eigenvalue weighted by Gasteiger charge is -2.12. The van der Waals surface area contributed by atoms with E-state index >= 15 is 0 Å². The van der Waals surface area contributed by atoms with Crippen molar-refractivity contribution in [1.29, 1.82) is 0 Å². The molecule has 2 rings (SSSR count). The highest BCUT2D eigenvalue weighted by molar-refractivity contribution is 8.06. The topological polar surface area (TPSA) is 0 Å². The molecule has 0 aromatic carbocycles. The van der Waals surface area contributed by atoms with Crippen LogP contribution < -0.4 is 0 Å². The molecule has 2 bridgehead atoms. The summed E-state index contributed by atoms with van der Waals surface area (Å²) in [5.74, 6) is 0.529. The third-order valence-electron chi connectivity index (χ3n) is 1.77. The molecule has 0 nitrogen and oxygen atoms in total. The molecule has 0 N–H and O–H groups in total. The summed E-state index contributed by atoms with van der Waals surface area (Å²) in [6, 6.07) is 0. The Morgan fingerprint density at radius 2 is 2.18 bits per heavy atom. The molecule has 0 spiro atoms. The predicted octanol–water partition coefficient (Wildman–Crippen LogP) is 3.26. The first-order chi connectivity index (χ1) is 5.34. The summed E-state index contributed by atoms with van der Waals surface area (Å²) in [5.41, 5.74) is 0. The maximum Gasteiger partial charge on any atom is 0.0155 e. The van der Waals surface area contributed by atoms with Gasteiger partial charge in [-0.25, -0.2) is 0 Å². The SMILES string of the molecule is CC1=CC2C=CC=CC(=C2)S1. The average molecular weight is 162 g/mol. The van der Waals surface area contributed by atoms with E-state index in [1.165, 1.54) is 9.81 Å². The molecule has 2 aliphatic rings. The fourth-order valence-electron chi connectivity index (χ4n) is 1.31. The fraction of sp³-hybridized carbons (Fsp3) is 0.200. The minimum Gasteiger partial charge on any atom is -0.0955 e. The third-order valence-corrected chi connectivity index (χ3v) is 2.73. The molecule has 0 aromatic heterocycles. The fourth-order valence-corrected chi connectivity index (χ4v) is 2.28. The molecule has 56 valence electrons. The lowest BCUT2D eigenvalue weighted by atomic mass is 10.1. The molecule has 1 unspecified atom stereocenters. The second kappa shape index (κ2) is 2.74. The zero-order valence-corrected chi connectivity index (χ0v) is 7.27. The molecule has 0 radical (unpaired) electrons. The lowest BCUT2D eigenvalue weighted by molar-refractivity contribution is 1.06. The van der Waals surface area contributed by atoms with Crippen molar-refractivity contribution in [2.75, 3.05) is 0 Å². The molecule has 0 fully saturated rings. The monoisotopic (exact) mass is 162 g/mol. The van der Waals surface area contributed by atoms with Gasteiger partial charge in [0, 0.05) is 10.8 Å². The molecule has 0 saturated heterocycles. The van der Waals surface area contributed by atoms with Crippen molar-refractivity contribution in [3.8, 4) is 0 Å². The second-order valence-electron chi connectivity index (χ2n) is 2.77. The maximum atomic E-state index is 2.29. The number of hydrogen-bond acceptors (Lipinski definition) is 1. The number of fused-ring (bicyclic) bond motifs is 1. The van der Waals surface area contributed by atoms with Crippen LogP contribution in [0.4, 0.5) is 0 Å². The first-order valence-corrected chi connectivity index (χ1v) is 4.59. The van der Waals surface area contributed by atoms with E-state index in [1.807, 2.05) is 11.8 Å². The zero-order chi connectivity index (χ0) is 7.68. The molecular weight excluding hydrogens is 152 g/mol. The van der Waals surface area contributed by atoms with E-state index in [2.05, 4.69) is 43.4 Å². The summed E-state index contributed by atoms with van der Waals surface area (Å²) >= 11 is 1.85. The molecule has 1 atom stereocenters. The van der Waals surface area contributed by atoms with Crippen LogP contribution >= 0.6 is 11.8 Å². The summed E-state index contributed by atoms with van der Waals surface area (Å²) in [4.78, 5) is 2.78.